The van der Waals surface area contributed by atoms with Crippen LogP contribution in [0.1, 0.15) is 28.8 Å². The molecule has 3 aromatic rings. The Bertz CT molecular complexity index is 1070. The van der Waals surface area contributed by atoms with Crippen LogP contribution in [0, 0.1) is 0 Å². The first-order valence-electron chi connectivity index (χ1n) is 10.9. The van der Waals surface area contributed by atoms with E-state index >= 15 is 0 Å². The minimum atomic E-state index is -0.891. The van der Waals surface area contributed by atoms with Crippen LogP contribution >= 0.6 is 11.3 Å². The predicted octanol–water partition coefficient (Wildman–Crippen LogP) is 5.11. The van der Waals surface area contributed by atoms with E-state index in [9.17, 15) is 9.90 Å². The van der Waals surface area contributed by atoms with E-state index in [0.29, 0.717) is 25.5 Å². The molecule has 1 amide bonds. The molecule has 0 unspecified atom stereocenters. The molecule has 0 aliphatic carbocycles. The molecule has 0 spiro atoms. The molecule has 2 heterocycles. The van der Waals surface area contributed by atoms with Crippen LogP contribution in [-0.2, 0) is 13.0 Å². The number of nitrogens with zero attached hydrogens (tertiary/aromatic N) is 3. The Morgan fingerprint density at radius 1 is 1.12 bits per heavy atom. The summed E-state index contributed by atoms with van der Waals surface area (Å²) < 4.78 is 0. The maximum absolute atomic E-state index is 11.8. The van der Waals surface area contributed by atoms with Gasteiger partial charge in [-0.2, -0.15) is 0 Å². The van der Waals surface area contributed by atoms with Crippen LogP contribution in [-0.4, -0.2) is 41.6 Å². The van der Waals surface area contributed by atoms with Crippen molar-refractivity contribution in [2.24, 2.45) is 10.7 Å². The van der Waals surface area contributed by atoms with Crippen molar-refractivity contribution in [1.29, 1.82) is 0 Å². The van der Waals surface area contributed by atoms with Crippen molar-refractivity contribution in [3.63, 3.8) is 0 Å². The quantitative estimate of drug-likeness (QED) is 0.389. The number of amidine groups is 1. The lowest BCUT2D eigenvalue weighted by atomic mass is 10.1. The number of amides is 1. The zero-order chi connectivity index (χ0) is 22.3. The third-order valence-corrected chi connectivity index (χ3v) is 6.57. The molecule has 6 nitrogen and oxygen atoms in total. The number of aliphatic imine (C=N–C) groups is 1. The molecule has 0 saturated heterocycles. The normalized spacial score (nSPS) is 14.0. The van der Waals surface area contributed by atoms with Gasteiger partial charge in [0.1, 0.15) is 5.84 Å². The number of hydrogen-bond donors (Lipinski definition) is 2. The molecule has 1 aliphatic rings. The first-order chi connectivity index (χ1) is 15.6. The molecule has 0 radical (unpaired) electrons. The average Bonchev–Trinajstić information content (AvgIpc) is 3.26. The number of carboxylic acid groups (broad SMARTS) is 1. The van der Waals surface area contributed by atoms with Crippen molar-refractivity contribution in [1.82, 2.24) is 4.90 Å². The van der Waals surface area contributed by atoms with Crippen LogP contribution in [0.25, 0.3) is 0 Å². The van der Waals surface area contributed by atoms with Crippen molar-refractivity contribution < 1.29 is 9.90 Å². The molecule has 1 aromatic heterocycles. The van der Waals surface area contributed by atoms with Crippen LogP contribution in [0.4, 0.5) is 16.2 Å². The molecule has 0 saturated carbocycles. The van der Waals surface area contributed by atoms with Gasteiger partial charge in [0, 0.05) is 31.9 Å². The molecule has 0 bridgehead atoms. The third kappa shape index (κ3) is 5.48. The van der Waals surface area contributed by atoms with Crippen molar-refractivity contribution in [2.75, 3.05) is 24.5 Å². The standard InChI is InChI=1S/C25H28N4O2S/c26-24(23-10-6-16-32-23)27-21-11-12-22-20(17-21)9-4-5-13-28(22)14-15-29(25(30)31)18-19-7-2-1-3-8-19/h1-3,6-8,10-12,16-17H,4-5,9,13-15,18H2,(H2,26,27)(H,30,31). The molecule has 7 heteroatoms. The van der Waals surface area contributed by atoms with Gasteiger partial charge in [-0.25, -0.2) is 9.79 Å². The van der Waals surface area contributed by atoms with Gasteiger partial charge in [0.15, 0.2) is 0 Å². The van der Waals surface area contributed by atoms with Crippen LogP contribution in [0.2, 0.25) is 0 Å². The maximum Gasteiger partial charge on any atom is 0.407 e. The summed E-state index contributed by atoms with van der Waals surface area (Å²) in [6.07, 6.45) is 2.28. The predicted molar refractivity (Wildman–Crippen MR) is 131 cm³/mol. The van der Waals surface area contributed by atoms with E-state index in [1.807, 2.05) is 53.9 Å². The summed E-state index contributed by atoms with van der Waals surface area (Å²) in [4.78, 5) is 21.2. The van der Waals surface area contributed by atoms with Crippen molar-refractivity contribution in [2.45, 2.75) is 25.8 Å². The summed E-state index contributed by atoms with van der Waals surface area (Å²) >= 11 is 1.58. The maximum atomic E-state index is 11.8. The van der Waals surface area contributed by atoms with Gasteiger partial charge in [-0.15, -0.1) is 11.3 Å². The molecule has 32 heavy (non-hydrogen) atoms. The van der Waals surface area contributed by atoms with E-state index in [1.54, 1.807) is 11.3 Å². The van der Waals surface area contributed by atoms with Crippen LogP contribution < -0.4 is 10.6 Å². The van der Waals surface area contributed by atoms with E-state index < -0.39 is 6.09 Å². The second kappa shape index (κ2) is 10.3. The Balaban J connectivity index is 1.48. The lowest BCUT2D eigenvalue weighted by molar-refractivity contribution is 0.143. The second-order valence-corrected chi connectivity index (χ2v) is 8.87. The summed E-state index contributed by atoms with van der Waals surface area (Å²) in [7, 11) is 0. The molecule has 0 atom stereocenters. The van der Waals surface area contributed by atoms with Crippen LogP contribution in [0.3, 0.4) is 0 Å². The van der Waals surface area contributed by atoms with Crippen LogP contribution in [0.15, 0.2) is 71.0 Å². The largest absolute Gasteiger partial charge is 0.465 e. The number of nitrogens with two attached hydrogens (primary N) is 1. The molecule has 166 valence electrons. The first-order valence-corrected chi connectivity index (χ1v) is 11.8. The lowest BCUT2D eigenvalue weighted by Gasteiger charge is -2.28. The fourth-order valence-electron chi connectivity index (χ4n) is 4.03. The molecule has 1 aliphatic heterocycles. The zero-order valence-corrected chi connectivity index (χ0v) is 18.8. The highest BCUT2D eigenvalue weighted by atomic mass is 32.1. The summed E-state index contributed by atoms with van der Waals surface area (Å²) in [5.74, 6) is 0.531. The summed E-state index contributed by atoms with van der Waals surface area (Å²) in [6, 6.07) is 19.9. The number of anilines is 1. The lowest BCUT2D eigenvalue weighted by Crippen LogP contribution is -2.38. The minimum absolute atomic E-state index is 0.395. The van der Waals surface area contributed by atoms with E-state index in [0.717, 1.165) is 41.9 Å². The highest BCUT2D eigenvalue weighted by molar-refractivity contribution is 7.12. The van der Waals surface area contributed by atoms with Gasteiger partial charge in [0.25, 0.3) is 0 Å². The molecule has 3 N–H and O–H groups in total. The van der Waals surface area contributed by atoms with Crippen molar-refractivity contribution >= 4 is 34.6 Å². The minimum Gasteiger partial charge on any atom is -0.465 e. The van der Waals surface area contributed by atoms with Gasteiger partial charge in [-0.05, 0) is 60.0 Å². The highest BCUT2D eigenvalue weighted by Gasteiger charge is 2.19. The number of thiophene rings is 1. The smallest absolute Gasteiger partial charge is 0.407 e. The van der Waals surface area contributed by atoms with E-state index in [2.05, 4.69) is 22.0 Å². The fourth-order valence-corrected chi connectivity index (χ4v) is 4.65. The third-order valence-electron chi connectivity index (χ3n) is 5.68. The van der Waals surface area contributed by atoms with Gasteiger partial charge in [0.2, 0.25) is 0 Å². The molecular weight excluding hydrogens is 420 g/mol. The number of fused-ring (bicyclic) bond motifs is 1. The number of aryl methyl sites for hydroxylation is 1. The number of hydrogen-bond acceptors (Lipinski definition) is 4. The van der Waals surface area contributed by atoms with Crippen LogP contribution in [0.5, 0.6) is 0 Å². The Morgan fingerprint density at radius 2 is 1.97 bits per heavy atom. The molecule has 4 rings (SSSR count). The Labute approximate surface area is 192 Å². The SMILES string of the molecule is NC(=Nc1ccc2c(c1)CCCCN2CCN(Cc1ccccc1)C(=O)O)c1cccs1. The topological polar surface area (TPSA) is 82.2 Å². The Kier molecular flexibility index (Phi) is 7.07. The number of rotatable bonds is 7. The summed E-state index contributed by atoms with van der Waals surface area (Å²) in [5.41, 5.74) is 10.4. The Morgan fingerprint density at radius 3 is 2.72 bits per heavy atom. The second-order valence-electron chi connectivity index (χ2n) is 7.92. The zero-order valence-electron chi connectivity index (χ0n) is 18.0. The van der Waals surface area contributed by atoms with Gasteiger partial charge in [-0.3, -0.25) is 0 Å². The van der Waals surface area contributed by atoms with Gasteiger partial charge >= 0.3 is 6.09 Å². The van der Waals surface area contributed by atoms with Crippen molar-refractivity contribution in [3.05, 3.63) is 82.0 Å². The van der Waals surface area contributed by atoms with Gasteiger partial charge in [-0.1, -0.05) is 36.4 Å². The van der Waals surface area contributed by atoms with Crippen molar-refractivity contribution in [3.8, 4) is 0 Å². The van der Waals surface area contributed by atoms with E-state index in [-0.39, 0.29) is 0 Å². The average molecular weight is 449 g/mol. The molecular formula is C25H28N4O2S. The number of benzene rings is 2. The Hall–Kier alpha value is -3.32. The van der Waals surface area contributed by atoms with E-state index in [4.69, 9.17) is 5.73 Å². The molecule has 2 aromatic carbocycles. The summed E-state index contributed by atoms with van der Waals surface area (Å²) in [6.45, 7) is 2.43. The fraction of sp³-hybridized carbons (Fsp3) is 0.280. The highest BCUT2D eigenvalue weighted by Crippen LogP contribution is 2.30. The summed E-state index contributed by atoms with van der Waals surface area (Å²) in [5, 5.41) is 11.7. The molecule has 0 fully saturated rings. The number of carbonyl (C=O) groups is 1. The van der Waals surface area contributed by atoms with Gasteiger partial charge in [0.05, 0.1) is 10.6 Å². The first kappa shape index (κ1) is 21.9. The van der Waals surface area contributed by atoms with E-state index in [1.165, 1.54) is 16.2 Å². The monoisotopic (exact) mass is 448 g/mol. The van der Waals surface area contributed by atoms with Gasteiger partial charge < -0.3 is 20.6 Å².